The van der Waals surface area contributed by atoms with Crippen LogP contribution < -0.4 is 11.1 Å². The van der Waals surface area contributed by atoms with Gasteiger partial charge in [-0.05, 0) is 31.4 Å². The van der Waals surface area contributed by atoms with E-state index in [4.69, 9.17) is 10.7 Å². The Morgan fingerprint density at radius 2 is 1.74 bits per heavy atom. The highest BCUT2D eigenvalue weighted by Gasteiger charge is 2.23. The number of nitrogens with one attached hydrogen (secondary N) is 1. The van der Waals surface area contributed by atoms with E-state index in [1.807, 2.05) is 60.7 Å². The average Bonchev–Trinajstić information content (AvgIpc) is 3.24. The van der Waals surface area contributed by atoms with Gasteiger partial charge in [0.1, 0.15) is 0 Å². The number of nitrogens with zero attached hydrogens (tertiary/aromatic N) is 4. The zero-order valence-electron chi connectivity index (χ0n) is 19.9. The molecule has 0 fully saturated rings. The zero-order chi connectivity index (χ0) is 24.9. The van der Waals surface area contributed by atoms with Crippen molar-refractivity contribution in [1.82, 2.24) is 25.1 Å². The van der Waals surface area contributed by atoms with E-state index in [9.17, 15) is 9.59 Å². The summed E-state index contributed by atoms with van der Waals surface area (Å²) in [5.41, 5.74) is 8.76. The minimum Gasteiger partial charge on any atom is -0.351 e. The van der Waals surface area contributed by atoms with Crippen LogP contribution in [0.15, 0.2) is 65.8 Å². The Morgan fingerprint density at radius 3 is 2.46 bits per heavy atom. The van der Waals surface area contributed by atoms with Gasteiger partial charge in [0.25, 0.3) is 0 Å². The van der Waals surface area contributed by atoms with Gasteiger partial charge in [0.05, 0.1) is 16.5 Å². The molecule has 2 aromatic carbocycles. The summed E-state index contributed by atoms with van der Waals surface area (Å²) in [6, 6.07) is 19.2. The first kappa shape index (κ1) is 24.4. The Labute approximate surface area is 208 Å². The predicted octanol–water partition coefficient (Wildman–Crippen LogP) is 4.88. The van der Waals surface area contributed by atoms with Gasteiger partial charge < -0.3 is 10.3 Å². The third-order valence-corrected chi connectivity index (χ3v) is 6.65. The highest BCUT2D eigenvalue weighted by atomic mass is 32.2. The van der Waals surface area contributed by atoms with Crippen LogP contribution in [0, 0.1) is 5.92 Å². The number of aromatic nitrogens is 4. The lowest BCUT2D eigenvalue weighted by Gasteiger charge is -2.15. The number of primary amides is 1. The van der Waals surface area contributed by atoms with Crippen LogP contribution in [0.25, 0.3) is 33.5 Å². The number of carbonyl (C=O) groups excluding carboxylic acids is 2. The molecule has 1 unspecified atom stereocenters. The number of amides is 3. The van der Waals surface area contributed by atoms with Gasteiger partial charge in [0.15, 0.2) is 11.0 Å². The number of carbonyl (C=O) groups is 2. The summed E-state index contributed by atoms with van der Waals surface area (Å²) in [6.07, 6.45) is 0.912. The van der Waals surface area contributed by atoms with Crippen LogP contribution in [0.3, 0.4) is 0 Å². The van der Waals surface area contributed by atoms with Crippen molar-refractivity contribution < 1.29 is 9.59 Å². The smallest absolute Gasteiger partial charge is 0.318 e. The van der Waals surface area contributed by atoms with Crippen LogP contribution in [-0.4, -0.2) is 36.9 Å². The number of thioether (sulfide) groups is 1. The molecule has 0 bridgehead atoms. The van der Waals surface area contributed by atoms with Crippen molar-refractivity contribution in [2.24, 2.45) is 11.7 Å². The average molecular weight is 489 g/mol. The first-order valence-electron chi connectivity index (χ1n) is 11.5. The summed E-state index contributed by atoms with van der Waals surface area (Å²) >= 11 is 1.25. The lowest BCUT2D eigenvalue weighted by atomic mass is 10.0. The molecular formula is C26H28N6O2S. The third kappa shape index (κ3) is 5.68. The molecule has 3 amide bonds. The number of benzene rings is 2. The molecule has 0 saturated heterocycles. The van der Waals surface area contributed by atoms with E-state index in [0.717, 1.165) is 34.1 Å². The van der Waals surface area contributed by atoms with Gasteiger partial charge in [-0.25, -0.2) is 9.78 Å². The Kier molecular flexibility index (Phi) is 7.45. The number of urea groups is 1. The predicted molar refractivity (Wildman–Crippen MR) is 139 cm³/mol. The lowest BCUT2D eigenvalue weighted by molar-refractivity contribution is -0.119. The van der Waals surface area contributed by atoms with Gasteiger partial charge in [0, 0.05) is 23.1 Å². The number of para-hydroxylation sites is 1. The van der Waals surface area contributed by atoms with E-state index in [1.165, 1.54) is 11.8 Å². The number of pyridine rings is 1. The molecule has 0 aliphatic rings. The minimum atomic E-state index is -0.874. The summed E-state index contributed by atoms with van der Waals surface area (Å²) in [5.74, 6) is 0.711. The molecule has 0 saturated carbocycles. The number of nitrogens with two attached hydrogens (primary N) is 1. The highest BCUT2D eigenvalue weighted by Crippen LogP contribution is 2.34. The molecule has 0 aliphatic heterocycles. The fourth-order valence-electron chi connectivity index (χ4n) is 3.72. The Balaban J connectivity index is 1.82. The van der Waals surface area contributed by atoms with Crippen LogP contribution in [0.4, 0.5) is 4.79 Å². The van der Waals surface area contributed by atoms with Gasteiger partial charge >= 0.3 is 6.03 Å². The fourth-order valence-corrected chi connectivity index (χ4v) is 4.59. The van der Waals surface area contributed by atoms with E-state index >= 15 is 0 Å². The topological polar surface area (TPSA) is 116 Å². The second kappa shape index (κ2) is 10.7. The van der Waals surface area contributed by atoms with Gasteiger partial charge in [0.2, 0.25) is 5.91 Å². The Hall–Kier alpha value is -3.72. The van der Waals surface area contributed by atoms with Gasteiger partial charge in [-0.2, -0.15) is 0 Å². The number of rotatable bonds is 8. The van der Waals surface area contributed by atoms with Crippen molar-refractivity contribution >= 4 is 34.6 Å². The Morgan fingerprint density at radius 1 is 1.03 bits per heavy atom. The lowest BCUT2D eigenvalue weighted by Crippen LogP contribution is -2.39. The third-order valence-electron chi connectivity index (χ3n) is 5.57. The van der Waals surface area contributed by atoms with Crippen molar-refractivity contribution in [3.05, 3.63) is 60.7 Å². The van der Waals surface area contributed by atoms with Crippen molar-refractivity contribution in [1.29, 1.82) is 0 Å². The molecule has 180 valence electrons. The number of hydrogen-bond donors (Lipinski definition) is 2. The summed E-state index contributed by atoms with van der Waals surface area (Å²) in [4.78, 5) is 28.3. The maximum absolute atomic E-state index is 12.3. The fraction of sp³-hybridized carbons (Fsp3) is 0.269. The summed E-state index contributed by atoms with van der Waals surface area (Å²) < 4.78 is 2.05. The van der Waals surface area contributed by atoms with Crippen molar-refractivity contribution in [3.8, 4) is 22.6 Å². The molecule has 35 heavy (non-hydrogen) atoms. The summed E-state index contributed by atoms with van der Waals surface area (Å²) in [5, 5.41) is 12.1. The van der Waals surface area contributed by atoms with Crippen LogP contribution in [0.1, 0.15) is 27.2 Å². The van der Waals surface area contributed by atoms with Crippen molar-refractivity contribution in [2.75, 3.05) is 0 Å². The molecule has 0 spiro atoms. The SMILES string of the molecule is CC(C)CCn1c(SC(C)C(=O)NC(N)=O)nnc1-c1cc(-c2ccccc2)nc2ccccc12. The summed E-state index contributed by atoms with van der Waals surface area (Å²) in [7, 11) is 0. The van der Waals surface area contributed by atoms with Crippen LogP contribution in [-0.2, 0) is 11.3 Å². The quantitative estimate of drug-likeness (QED) is 0.342. The molecule has 1 atom stereocenters. The van der Waals surface area contributed by atoms with Gasteiger partial charge in [-0.1, -0.05) is 74.1 Å². The Bertz CT molecular complexity index is 1350. The van der Waals surface area contributed by atoms with Crippen LogP contribution >= 0.6 is 11.8 Å². The second-order valence-electron chi connectivity index (χ2n) is 8.69. The number of hydrogen-bond acceptors (Lipinski definition) is 6. The van der Waals surface area contributed by atoms with E-state index in [1.54, 1.807) is 6.92 Å². The number of fused-ring (bicyclic) bond motifs is 1. The van der Waals surface area contributed by atoms with E-state index in [2.05, 4.69) is 33.9 Å². The monoisotopic (exact) mass is 488 g/mol. The zero-order valence-corrected chi connectivity index (χ0v) is 20.7. The normalized spacial score (nSPS) is 12.1. The molecule has 9 heteroatoms. The maximum atomic E-state index is 12.3. The maximum Gasteiger partial charge on any atom is 0.318 e. The first-order valence-corrected chi connectivity index (χ1v) is 12.4. The van der Waals surface area contributed by atoms with Gasteiger partial charge in [-0.3, -0.25) is 10.1 Å². The largest absolute Gasteiger partial charge is 0.351 e. The summed E-state index contributed by atoms with van der Waals surface area (Å²) in [6.45, 7) is 6.72. The molecule has 3 N–H and O–H groups in total. The van der Waals surface area contributed by atoms with E-state index in [-0.39, 0.29) is 0 Å². The molecule has 2 heterocycles. The number of imide groups is 1. The molecule has 4 rings (SSSR count). The van der Waals surface area contributed by atoms with Crippen LogP contribution in [0.2, 0.25) is 0 Å². The second-order valence-corrected chi connectivity index (χ2v) is 10.0. The van der Waals surface area contributed by atoms with Crippen LogP contribution in [0.5, 0.6) is 0 Å². The minimum absolute atomic E-state index is 0.466. The first-order chi connectivity index (χ1) is 16.8. The molecule has 0 radical (unpaired) electrons. The standard InChI is InChI=1S/C26H28N6O2S/c1-16(2)13-14-32-23(30-31-26(32)35-17(3)24(33)29-25(27)34)20-15-22(18-9-5-4-6-10-18)28-21-12-8-7-11-19(20)21/h4-12,15-17H,13-14H2,1-3H3,(H3,27,29,33,34). The molecule has 2 aromatic heterocycles. The molecule has 0 aliphatic carbocycles. The van der Waals surface area contributed by atoms with Crippen molar-refractivity contribution in [2.45, 2.75) is 44.1 Å². The van der Waals surface area contributed by atoms with E-state index < -0.39 is 17.2 Å². The van der Waals surface area contributed by atoms with Crippen molar-refractivity contribution in [3.63, 3.8) is 0 Å². The molecule has 8 nitrogen and oxygen atoms in total. The van der Waals surface area contributed by atoms with Gasteiger partial charge in [-0.15, -0.1) is 10.2 Å². The highest BCUT2D eigenvalue weighted by molar-refractivity contribution is 8.00. The van der Waals surface area contributed by atoms with E-state index in [0.29, 0.717) is 23.4 Å². The molecular weight excluding hydrogens is 460 g/mol. The molecule has 4 aromatic rings.